The largest absolute Gasteiger partial charge is 0.505 e. The summed E-state index contributed by atoms with van der Waals surface area (Å²) >= 11 is 0. The van der Waals surface area contributed by atoms with Crippen molar-refractivity contribution >= 4 is 0 Å². The molecular formula is C13H20N4O2. The summed E-state index contributed by atoms with van der Waals surface area (Å²) in [5.41, 5.74) is 3.58. The highest BCUT2D eigenvalue weighted by molar-refractivity contribution is 5.10. The summed E-state index contributed by atoms with van der Waals surface area (Å²) in [6.45, 7) is 6.38. The maximum Gasteiger partial charge on any atom is 0.159 e. The molecule has 0 radical (unpaired) electrons. The van der Waals surface area contributed by atoms with Gasteiger partial charge in [0.05, 0.1) is 12.4 Å². The second-order valence-corrected chi connectivity index (χ2v) is 5.88. The van der Waals surface area contributed by atoms with Gasteiger partial charge in [0.25, 0.3) is 0 Å². The van der Waals surface area contributed by atoms with E-state index in [1.54, 1.807) is 0 Å². The van der Waals surface area contributed by atoms with Crippen molar-refractivity contribution in [3.05, 3.63) is 18.2 Å². The van der Waals surface area contributed by atoms with Crippen LogP contribution in [0.25, 0.3) is 0 Å². The number of nitrogens with zero attached hydrogens (tertiary/aromatic N) is 2. The number of fused-ring (bicyclic) bond motifs is 1. The summed E-state index contributed by atoms with van der Waals surface area (Å²) < 4.78 is 0. The van der Waals surface area contributed by atoms with E-state index < -0.39 is 0 Å². The van der Waals surface area contributed by atoms with E-state index >= 15 is 0 Å². The number of hydroxylamine groups is 1. The fourth-order valence-corrected chi connectivity index (χ4v) is 3.13. The molecule has 0 amide bonds. The van der Waals surface area contributed by atoms with Crippen LogP contribution in [0.5, 0.6) is 5.75 Å². The van der Waals surface area contributed by atoms with Gasteiger partial charge in [-0.2, -0.15) is 5.48 Å². The Kier molecular flexibility index (Phi) is 3.16. The lowest BCUT2D eigenvalue weighted by Gasteiger charge is -2.48. The van der Waals surface area contributed by atoms with E-state index in [4.69, 9.17) is 9.94 Å². The lowest BCUT2D eigenvalue weighted by atomic mass is 9.60. The van der Waals surface area contributed by atoms with Gasteiger partial charge in [0, 0.05) is 19.1 Å². The zero-order valence-corrected chi connectivity index (χ0v) is 11.3. The standard InChI is InChI=1S/C13H20N4O2/c1-8(12-15-4-9(18)5-16-12)19-17-11-3-13(2)7-14-6-10(11)13/h4-5,8,10-11,14,17-18H,3,6-7H2,1-2H3. The van der Waals surface area contributed by atoms with Gasteiger partial charge in [-0.1, -0.05) is 6.92 Å². The molecule has 6 nitrogen and oxygen atoms in total. The van der Waals surface area contributed by atoms with Crippen LogP contribution in [0.1, 0.15) is 32.2 Å². The van der Waals surface area contributed by atoms with Crippen LogP contribution in [0.2, 0.25) is 0 Å². The molecule has 4 atom stereocenters. The van der Waals surface area contributed by atoms with Crippen LogP contribution in [0, 0.1) is 11.3 Å². The molecule has 4 unspecified atom stereocenters. The average molecular weight is 264 g/mol. The molecule has 3 rings (SSSR count). The normalized spacial score (nSPS) is 34.6. The third-order valence-corrected chi connectivity index (χ3v) is 4.38. The Morgan fingerprint density at radius 3 is 2.95 bits per heavy atom. The molecule has 1 aromatic heterocycles. The predicted molar refractivity (Wildman–Crippen MR) is 69.2 cm³/mol. The van der Waals surface area contributed by atoms with E-state index in [9.17, 15) is 0 Å². The van der Waals surface area contributed by atoms with Crippen LogP contribution in [0.4, 0.5) is 0 Å². The summed E-state index contributed by atoms with van der Waals surface area (Å²) in [7, 11) is 0. The van der Waals surface area contributed by atoms with Crippen molar-refractivity contribution in [2.45, 2.75) is 32.4 Å². The molecule has 0 aromatic carbocycles. The minimum Gasteiger partial charge on any atom is -0.505 e. The van der Waals surface area contributed by atoms with Gasteiger partial charge < -0.3 is 10.4 Å². The van der Waals surface area contributed by atoms with Crippen molar-refractivity contribution in [3.63, 3.8) is 0 Å². The highest BCUT2D eigenvalue weighted by Gasteiger charge is 2.53. The summed E-state index contributed by atoms with van der Waals surface area (Å²) in [6, 6.07) is 0.402. The zero-order chi connectivity index (χ0) is 13.5. The Balaban J connectivity index is 1.51. The molecular weight excluding hydrogens is 244 g/mol. The molecule has 1 saturated heterocycles. The first kappa shape index (κ1) is 12.8. The monoisotopic (exact) mass is 264 g/mol. The van der Waals surface area contributed by atoms with Gasteiger partial charge in [-0.3, -0.25) is 4.84 Å². The Hall–Kier alpha value is -1.24. The third kappa shape index (κ3) is 2.31. The Labute approximate surface area is 112 Å². The maximum absolute atomic E-state index is 9.15. The van der Waals surface area contributed by atoms with E-state index in [2.05, 4.69) is 27.7 Å². The van der Waals surface area contributed by atoms with Crippen LogP contribution in [0.15, 0.2) is 12.4 Å². The summed E-state index contributed by atoms with van der Waals surface area (Å²) in [5.74, 6) is 1.27. The van der Waals surface area contributed by atoms with E-state index in [0.717, 1.165) is 19.5 Å². The van der Waals surface area contributed by atoms with Crippen LogP contribution in [-0.2, 0) is 4.84 Å². The Morgan fingerprint density at radius 2 is 2.26 bits per heavy atom. The first-order chi connectivity index (χ1) is 9.08. The second kappa shape index (κ2) is 4.70. The van der Waals surface area contributed by atoms with Gasteiger partial charge in [-0.15, -0.1) is 0 Å². The highest BCUT2D eigenvalue weighted by atomic mass is 16.7. The molecule has 1 aliphatic heterocycles. The Morgan fingerprint density at radius 1 is 1.53 bits per heavy atom. The number of hydrogen-bond donors (Lipinski definition) is 3. The van der Waals surface area contributed by atoms with E-state index in [1.807, 2.05) is 6.92 Å². The molecule has 3 N–H and O–H groups in total. The van der Waals surface area contributed by atoms with Crippen molar-refractivity contribution < 1.29 is 9.94 Å². The van der Waals surface area contributed by atoms with E-state index in [1.165, 1.54) is 12.4 Å². The van der Waals surface area contributed by atoms with Crippen molar-refractivity contribution in [2.24, 2.45) is 11.3 Å². The van der Waals surface area contributed by atoms with Gasteiger partial charge in [0.1, 0.15) is 6.10 Å². The molecule has 0 bridgehead atoms. The topological polar surface area (TPSA) is 79.3 Å². The number of nitrogens with one attached hydrogen (secondary N) is 2. The second-order valence-electron chi connectivity index (χ2n) is 5.88. The van der Waals surface area contributed by atoms with Gasteiger partial charge in [-0.25, -0.2) is 9.97 Å². The number of aromatic nitrogens is 2. The molecule has 1 aliphatic carbocycles. The minimum absolute atomic E-state index is 0.0655. The van der Waals surface area contributed by atoms with Gasteiger partial charge in [0.15, 0.2) is 11.6 Å². The van der Waals surface area contributed by atoms with Crippen molar-refractivity contribution in [3.8, 4) is 5.75 Å². The Bertz CT molecular complexity index is 452. The quantitative estimate of drug-likeness (QED) is 0.697. The van der Waals surface area contributed by atoms with Crippen molar-refractivity contribution in [1.82, 2.24) is 20.8 Å². The molecule has 6 heteroatoms. The SMILES string of the molecule is CC(ONC1CC2(C)CNCC12)c1ncc(O)cn1. The van der Waals surface area contributed by atoms with Crippen LogP contribution < -0.4 is 10.8 Å². The summed E-state index contributed by atoms with van der Waals surface area (Å²) in [6.07, 6.45) is 3.66. The number of aromatic hydroxyl groups is 1. The van der Waals surface area contributed by atoms with Crippen LogP contribution in [-0.4, -0.2) is 34.2 Å². The fraction of sp³-hybridized carbons (Fsp3) is 0.692. The molecule has 1 saturated carbocycles. The number of hydrogen-bond acceptors (Lipinski definition) is 6. The van der Waals surface area contributed by atoms with Crippen molar-refractivity contribution in [1.29, 1.82) is 0 Å². The zero-order valence-electron chi connectivity index (χ0n) is 11.3. The molecule has 1 aromatic rings. The van der Waals surface area contributed by atoms with Crippen molar-refractivity contribution in [2.75, 3.05) is 13.1 Å². The van der Waals surface area contributed by atoms with Gasteiger partial charge in [-0.05, 0) is 24.7 Å². The molecule has 0 spiro atoms. The fourth-order valence-electron chi connectivity index (χ4n) is 3.13. The molecule has 19 heavy (non-hydrogen) atoms. The maximum atomic E-state index is 9.15. The predicted octanol–water partition coefficient (Wildman–Crippen LogP) is 0.762. The minimum atomic E-state index is -0.234. The van der Waals surface area contributed by atoms with E-state index in [-0.39, 0.29) is 11.9 Å². The van der Waals surface area contributed by atoms with Crippen LogP contribution >= 0.6 is 0 Å². The van der Waals surface area contributed by atoms with Crippen LogP contribution in [0.3, 0.4) is 0 Å². The average Bonchev–Trinajstić information content (AvgIpc) is 2.68. The highest BCUT2D eigenvalue weighted by Crippen LogP contribution is 2.48. The lowest BCUT2D eigenvalue weighted by Crippen LogP contribution is -2.56. The summed E-state index contributed by atoms with van der Waals surface area (Å²) in [5, 5.41) is 12.6. The summed E-state index contributed by atoms with van der Waals surface area (Å²) in [4.78, 5) is 13.7. The van der Waals surface area contributed by atoms with E-state index in [0.29, 0.717) is 23.2 Å². The molecule has 104 valence electrons. The van der Waals surface area contributed by atoms with Gasteiger partial charge >= 0.3 is 0 Å². The number of rotatable bonds is 4. The lowest BCUT2D eigenvalue weighted by molar-refractivity contribution is -0.101. The molecule has 2 fully saturated rings. The smallest absolute Gasteiger partial charge is 0.159 e. The first-order valence-corrected chi connectivity index (χ1v) is 6.71. The molecule has 2 heterocycles. The van der Waals surface area contributed by atoms with Gasteiger partial charge in [0.2, 0.25) is 0 Å². The first-order valence-electron chi connectivity index (χ1n) is 6.71. The third-order valence-electron chi connectivity index (χ3n) is 4.38. The molecule has 2 aliphatic rings.